The normalized spacial score (nSPS) is 14.1. The summed E-state index contributed by atoms with van der Waals surface area (Å²) in [4.78, 5) is 25.7. The predicted octanol–water partition coefficient (Wildman–Crippen LogP) is 3.77. The van der Waals surface area contributed by atoms with Crippen molar-refractivity contribution >= 4 is 11.6 Å². The van der Waals surface area contributed by atoms with E-state index in [-0.39, 0.29) is 17.2 Å². The molecule has 6 heteroatoms. The van der Waals surface area contributed by atoms with Crippen LogP contribution < -0.4 is 15.6 Å². The molecule has 1 aromatic heterocycles. The third kappa shape index (κ3) is 3.77. The van der Waals surface area contributed by atoms with E-state index in [0.29, 0.717) is 11.4 Å². The first-order valence-corrected chi connectivity index (χ1v) is 10.4. The Labute approximate surface area is 176 Å². The van der Waals surface area contributed by atoms with Crippen molar-refractivity contribution in [3.63, 3.8) is 0 Å². The lowest BCUT2D eigenvalue weighted by Crippen LogP contribution is -2.32. The van der Waals surface area contributed by atoms with Gasteiger partial charge in [-0.2, -0.15) is 0 Å². The molecule has 4 rings (SSSR count). The smallest absolute Gasteiger partial charge is 0.295 e. The number of anilines is 1. The van der Waals surface area contributed by atoms with Crippen molar-refractivity contribution < 1.29 is 9.53 Å². The van der Waals surface area contributed by atoms with Crippen LogP contribution in [0.1, 0.15) is 36.6 Å². The number of rotatable bonds is 5. The lowest BCUT2D eigenvalue weighted by molar-refractivity contribution is -0.122. The fraction of sp³-hybridized carbons (Fsp3) is 0.333. The summed E-state index contributed by atoms with van der Waals surface area (Å²) in [6.45, 7) is 3.51. The quantitative estimate of drug-likeness (QED) is 0.703. The van der Waals surface area contributed by atoms with E-state index in [1.54, 1.807) is 23.3 Å². The average Bonchev–Trinajstić information content (AvgIpc) is 2.97. The zero-order valence-corrected chi connectivity index (χ0v) is 17.6. The number of hydrogen-bond acceptors (Lipinski definition) is 3. The lowest BCUT2D eigenvalue weighted by Gasteiger charge is -2.19. The Morgan fingerprint density at radius 1 is 1.07 bits per heavy atom. The molecule has 1 N–H and O–H groups in total. The summed E-state index contributed by atoms with van der Waals surface area (Å²) in [7, 11) is 1.80. The monoisotopic (exact) mass is 405 g/mol. The van der Waals surface area contributed by atoms with Gasteiger partial charge in [0, 0.05) is 7.05 Å². The molecule has 1 aliphatic carbocycles. The summed E-state index contributed by atoms with van der Waals surface area (Å²) in [5.74, 6) is 0.337. The minimum Gasteiger partial charge on any atom is -0.481 e. The molecule has 6 nitrogen and oxygen atoms in total. The Morgan fingerprint density at radius 2 is 1.77 bits per heavy atom. The van der Waals surface area contributed by atoms with Crippen LogP contribution in [0.2, 0.25) is 0 Å². The zero-order chi connectivity index (χ0) is 21.3. The molecule has 30 heavy (non-hydrogen) atoms. The summed E-state index contributed by atoms with van der Waals surface area (Å²) in [5.41, 5.74) is 4.09. The highest BCUT2D eigenvalue weighted by Gasteiger charge is 2.22. The van der Waals surface area contributed by atoms with Gasteiger partial charge in [0.2, 0.25) is 0 Å². The van der Waals surface area contributed by atoms with Crippen molar-refractivity contribution in [3.8, 4) is 11.4 Å². The van der Waals surface area contributed by atoms with E-state index in [1.807, 2.05) is 49.4 Å². The van der Waals surface area contributed by atoms with Crippen LogP contribution in [-0.4, -0.2) is 21.4 Å². The number of benzene rings is 2. The Kier molecular flexibility index (Phi) is 5.48. The minimum absolute atomic E-state index is 0.268. The second-order valence-corrected chi connectivity index (χ2v) is 7.82. The van der Waals surface area contributed by atoms with Gasteiger partial charge in [0.25, 0.3) is 11.5 Å². The number of fused-ring (bicyclic) bond motifs is 1. The first-order chi connectivity index (χ1) is 14.5. The maximum absolute atomic E-state index is 13.0. The zero-order valence-electron chi connectivity index (χ0n) is 17.6. The van der Waals surface area contributed by atoms with Gasteiger partial charge in [-0.05, 0) is 74.9 Å². The number of nitrogens with zero attached hydrogens (tertiary/aromatic N) is 2. The molecule has 1 atom stereocenters. The maximum Gasteiger partial charge on any atom is 0.295 e. The number of nitrogens with one attached hydrogen (secondary N) is 1. The van der Waals surface area contributed by atoms with E-state index < -0.39 is 6.10 Å². The van der Waals surface area contributed by atoms with Crippen LogP contribution >= 0.6 is 0 Å². The maximum atomic E-state index is 13.0. The molecule has 0 fully saturated rings. The van der Waals surface area contributed by atoms with Crippen molar-refractivity contribution in [1.82, 2.24) is 9.36 Å². The van der Waals surface area contributed by atoms with E-state index >= 15 is 0 Å². The van der Waals surface area contributed by atoms with Gasteiger partial charge < -0.3 is 10.1 Å². The number of aromatic nitrogens is 2. The van der Waals surface area contributed by atoms with Gasteiger partial charge in [-0.15, -0.1) is 0 Å². The van der Waals surface area contributed by atoms with Crippen molar-refractivity contribution in [2.45, 2.75) is 45.6 Å². The SMILES string of the molecule is Cc1c(NC(=O)C(C)Oc2ccc3c(c2)CCCC3)c(=O)n(-c2ccccc2)n1C. The fourth-order valence-corrected chi connectivity index (χ4v) is 3.98. The number of ether oxygens (including phenoxy) is 1. The van der Waals surface area contributed by atoms with Gasteiger partial charge in [-0.3, -0.25) is 14.3 Å². The van der Waals surface area contributed by atoms with E-state index in [1.165, 1.54) is 24.0 Å². The molecule has 156 valence electrons. The van der Waals surface area contributed by atoms with E-state index in [0.717, 1.165) is 18.5 Å². The highest BCUT2D eigenvalue weighted by molar-refractivity contribution is 5.94. The van der Waals surface area contributed by atoms with E-state index in [2.05, 4.69) is 11.4 Å². The van der Waals surface area contributed by atoms with Crippen LogP contribution in [0.3, 0.4) is 0 Å². The van der Waals surface area contributed by atoms with Crippen LogP contribution in [0.15, 0.2) is 53.3 Å². The van der Waals surface area contributed by atoms with E-state index in [4.69, 9.17) is 4.74 Å². The molecule has 1 aliphatic rings. The molecule has 0 saturated carbocycles. The molecule has 0 radical (unpaired) electrons. The van der Waals surface area contributed by atoms with Crippen molar-refractivity contribution in [2.75, 3.05) is 5.32 Å². The van der Waals surface area contributed by atoms with E-state index in [9.17, 15) is 9.59 Å². The Bertz CT molecular complexity index is 1130. The fourth-order valence-electron chi connectivity index (χ4n) is 3.98. The molecule has 0 saturated heterocycles. The number of aryl methyl sites for hydroxylation is 2. The first-order valence-electron chi connectivity index (χ1n) is 10.4. The second kappa shape index (κ2) is 8.22. The van der Waals surface area contributed by atoms with Crippen molar-refractivity contribution in [2.24, 2.45) is 7.05 Å². The Balaban J connectivity index is 1.52. The van der Waals surface area contributed by atoms with Gasteiger partial charge in [0.1, 0.15) is 11.4 Å². The Hall–Kier alpha value is -3.28. The summed E-state index contributed by atoms with van der Waals surface area (Å²) in [5, 5.41) is 2.77. The molecular weight excluding hydrogens is 378 g/mol. The highest BCUT2D eigenvalue weighted by atomic mass is 16.5. The summed E-state index contributed by atoms with van der Waals surface area (Å²) in [6.07, 6.45) is 3.84. The van der Waals surface area contributed by atoms with Gasteiger partial charge in [-0.25, -0.2) is 4.68 Å². The molecular formula is C24H27N3O3. The highest BCUT2D eigenvalue weighted by Crippen LogP contribution is 2.26. The lowest BCUT2D eigenvalue weighted by atomic mass is 9.92. The van der Waals surface area contributed by atoms with Gasteiger partial charge in [0.05, 0.1) is 11.4 Å². The summed E-state index contributed by atoms with van der Waals surface area (Å²) < 4.78 is 9.17. The third-order valence-electron chi connectivity index (χ3n) is 5.80. The number of hydrogen-bond donors (Lipinski definition) is 1. The van der Waals surface area contributed by atoms with Crippen LogP contribution in [0.4, 0.5) is 5.69 Å². The van der Waals surface area contributed by atoms with Gasteiger partial charge in [-0.1, -0.05) is 24.3 Å². The average molecular weight is 405 g/mol. The number of para-hydroxylation sites is 1. The molecule has 0 aliphatic heterocycles. The van der Waals surface area contributed by atoms with Crippen LogP contribution in [0, 0.1) is 6.92 Å². The van der Waals surface area contributed by atoms with Gasteiger partial charge in [0.15, 0.2) is 6.10 Å². The van der Waals surface area contributed by atoms with Crippen molar-refractivity contribution in [1.29, 1.82) is 0 Å². The molecule has 1 amide bonds. The molecule has 1 unspecified atom stereocenters. The standard InChI is InChI=1S/C24H27N3O3/c1-16-22(24(29)27(26(16)3)20-11-5-4-6-12-20)25-23(28)17(2)30-21-14-13-18-9-7-8-10-19(18)15-21/h4-6,11-15,17H,7-10H2,1-3H3,(H,25,28). The van der Waals surface area contributed by atoms with Crippen molar-refractivity contribution in [3.05, 3.63) is 75.7 Å². The minimum atomic E-state index is -0.726. The summed E-state index contributed by atoms with van der Waals surface area (Å²) in [6, 6.07) is 15.4. The molecule has 3 aromatic rings. The predicted molar refractivity (Wildman–Crippen MR) is 118 cm³/mol. The molecule has 0 bridgehead atoms. The second-order valence-electron chi connectivity index (χ2n) is 7.82. The topological polar surface area (TPSA) is 65.3 Å². The molecule has 0 spiro atoms. The number of carbonyl (C=O) groups excluding carboxylic acids is 1. The Morgan fingerprint density at radius 3 is 2.50 bits per heavy atom. The third-order valence-corrected chi connectivity index (χ3v) is 5.80. The number of amides is 1. The van der Waals surface area contributed by atoms with Crippen LogP contribution in [-0.2, 0) is 24.7 Å². The largest absolute Gasteiger partial charge is 0.481 e. The van der Waals surface area contributed by atoms with Crippen LogP contribution in [0.5, 0.6) is 5.75 Å². The van der Waals surface area contributed by atoms with Crippen LogP contribution in [0.25, 0.3) is 5.69 Å². The molecule has 2 aromatic carbocycles. The first kappa shape index (κ1) is 20.0. The summed E-state index contributed by atoms with van der Waals surface area (Å²) >= 11 is 0. The molecule has 1 heterocycles. The van der Waals surface area contributed by atoms with Gasteiger partial charge >= 0.3 is 0 Å². The number of carbonyl (C=O) groups is 1.